The van der Waals surface area contributed by atoms with E-state index in [4.69, 9.17) is 31.0 Å². The highest BCUT2D eigenvalue weighted by Gasteiger charge is 2.17. The van der Waals surface area contributed by atoms with Gasteiger partial charge in [0.2, 0.25) is 0 Å². The quantitative estimate of drug-likeness (QED) is 0.397. The largest absolute Gasteiger partial charge is 0.329 e. The summed E-state index contributed by atoms with van der Waals surface area (Å²) in [5.74, 6) is 0. The molecule has 0 radical (unpaired) electrons. The third-order valence-electron chi connectivity index (χ3n) is 1.51. The molecular weight excluding hydrogens is 282 g/mol. The first-order valence-corrected chi connectivity index (χ1v) is 8.67. The van der Waals surface area contributed by atoms with Crippen molar-refractivity contribution >= 4 is 15.2 Å². The van der Waals surface area contributed by atoms with Crippen molar-refractivity contribution in [3.8, 4) is 0 Å². The Hall–Kier alpha value is 0.220. The Morgan fingerprint density at radius 2 is 0.889 bits per heavy atom. The van der Waals surface area contributed by atoms with Crippen LogP contribution in [0.5, 0.6) is 0 Å². The fourth-order valence-electron chi connectivity index (χ4n) is 0. The summed E-state index contributed by atoms with van der Waals surface area (Å²) in [5, 5.41) is 0. The average molecular weight is 308 g/mol. The second kappa shape index (κ2) is 11.1. The number of hydrogen-bond donors (Lipinski definition) is 6. The molecule has 0 aromatic rings. The van der Waals surface area contributed by atoms with Crippen LogP contribution in [-0.4, -0.2) is 44.0 Å². The van der Waals surface area contributed by atoms with Crippen molar-refractivity contribution in [3.63, 3.8) is 0 Å². The highest BCUT2D eigenvalue weighted by atomic mass is 31.2. The van der Waals surface area contributed by atoms with Crippen LogP contribution in [0.2, 0.25) is 0 Å². The van der Waals surface area contributed by atoms with Crippen LogP contribution in [-0.2, 0) is 9.13 Å². The molecule has 0 saturated carbocycles. The SMILES string of the molecule is CC(C)P(=O)(O)O.CC(C)P(=O)(O)O.NCCN. The fraction of sp³-hybridized carbons (Fsp3) is 1.00. The summed E-state index contributed by atoms with van der Waals surface area (Å²) in [5.41, 5.74) is 8.74. The van der Waals surface area contributed by atoms with E-state index >= 15 is 0 Å². The van der Waals surface area contributed by atoms with Gasteiger partial charge in [0.1, 0.15) is 0 Å². The van der Waals surface area contributed by atoms with Gasteiger partial charge in [0.25, 0.3) is 0 Å². The molecule has 10 heteroatoms. The zero-order chi connectivity index (χ0) is 15.6. The van der Waals surface area contributed by atoms with Crippen LogP contribution >= 0.6 is 15.2 Å². The maximum atomic E-state index is 10.0. The van der Waals surface area contributed by atoms with Gasteiger partial charge in [-0.2, -0.15) is 0 Å². The molecule has 0 unspecified atom stereocenters. The molecule has 0 aliphatic rings. The molecule has 0 rings (SSSR count). The molecule has 0 atom stereocenters. The smallest absolute Gasteiger partial charge is 0.328 e. The van der Waals surface area contributed by atoms with E-state index in [1.54, 1.807) is 0 Å². The third kappa shape index (κ3) is 21.5. The van der Waals surface area contributed by atoms with Gasteiger partial charge >= 0.3 is 15.2 Å². The third-order valence-corrected chi connectivity index (χ3v) is 4.20. The van der Waals surface area contributed by atoms with Crippen molar-refractivity contribution < 1.29 is 28.7 Å². The number of nitrogens with two attached hydrogens (primary N) is 2. The van der Waals surface area contributed by atoms with Crippen molar-refractivity contribution in [1.29, 1.82) is 0 Å². The van der Waals surface area contributed by atoms with E-state index in [0.717, 1.165) is 0 Å². The molecule has 0 fully saturated rings. The summed E-state index contributed by atoms with van der Waals surface area (Å²) in [6.07, 6.45) is 0. The van der Waals surface area contributed by atoms with Gasteiger partial charge in [-0.1, -0.05) is 27.7 Å². The minimum atomic E-state index is -3.74. The zero-order valence-corrected chi connectivity index (χ0v) is 13.0. The second-order valence-electron chi connectivity index (χ2n) is 3.94. The van der Waals surface area contributed by atoms with Gasteiger partial charge < -0.3 is 31.0 Å². The first kappa shape index (κ1) is 23.3. The first-order chi connectivity index (χ1) is 7.80. The van der Waals surface area contributed by atoms with E-state index in [1.165, 1.54) is 27.7 Å². The Morgan fingerprint density at radius 3 is 0.889 bits per heavy atom. The molecule has 0 aliphatic carbocycles. The molecule has 0 aliphatic heterocycles. The molecule has 8 nitrogen and oxygen atoms in total. The highest BCUT2D eigenvalue weighted by Crippen LogP contribution is 2.40. The lowest BCUT2D eigenvalue weighted by Gasteiger charge is -2.04. The zero-order valence-electron chi connectivity index (χ0n) is 11.2. The molecule has 0 aromatic heterocycles. The van der Waals surface area contributed by atoms with E-state index < -0.39 is 26.5 Å². The highest BCUT2D eigenvalue weighted by molar-refractivity contribution is 7.52. The van der Waals surface area contributed by atoms with Crippen molar-refractivity contribution in [2.75, 3.05) is 13.1 Å². The van der Waals surface area contributed by atoms with Crippen molar-refractivity contribution in [3.05, 3.63) is 0 Å². The summed E-state index contributed by atoms with van der Waals surface area (Å²) in [6.45, 7) is 7.14. The lowest BCUT2D eigenvalue weighted by atomic mass is 10.6. The summed E-state index contributed by atoms with van der Waals surface area (Å²) in [4.78, 5) is 32.8. The number of rotatable bonds is 3. The lowest BCUT2D eigenvalue weighted by molar-refractivity contribution is 0.361. The Morgan fingerprint density at radius 1 is 0.778 bits per heavy atom. The molecule has 0 saturated heterocycles. The van der Waals surface area contributed by atoms with E-state index in [9.17, 15) is 9.13 Å². The van der Waals surface area contributed by atoms with E-state index in [1.807, 2.05) is 0 Å². The van der Waals surface area contributed by atoms with Gasteiger partial charge in [-0.15, -0.1) is 0 Å². The van der Waals surface area contributed by atoms with Crippen LogP contribution < -0.4 is 11.5 Å². The molecule has 0 amide bonds. The minimum Gasteiger partial charge on any atom is -0.329 e. The Balaban J connectivity index is -0.000000196. The van der Waals surface area contributed by atoms with Gasteiger partial charge in [-0.25, -0.2) is 0 Å². The van der Waals surface area contributed by atoms with Crippen LogP contribution in [0.3, 0.4) is 0 Å². The van der Waals surface area contributed by atoms with Crippen LogP contribution in [0.15, 0.2) is 0 Å². The Bertz CT molecular complexity index is 245. The molecule has 0 aromatic carbocycles. The van der Waals surface area contributed by atoms with Gasteiger partial charge in [0.05, 0.1) is 11.3 Å². The topological polar surface area (TPSA) is 167 Å². The summed E-state index contributed by atoms with van der Waals surface area (Å²) in [7, 11) is -7.48. The van der Waals surface area contributed by atoms with Crippen molar-refractivity contribution in [2.45, 2.75) is 39.0 Å². The average Bonchev–Trinajstić information content (AvgIpc) is 2.16. The molecule has 18 heavy (non-hydrogen) atoms. The molecular formula is C8H26N2O6P2. The summed E-state index contributed by atoms with van der Waals surface area (Å²) >= 11 is 0. The van der Waals surface area contributed by atoms with Crippen LogP contribution in [0.1, 0.15) is 27.7 Å². The maximum absolute atomic E-state index is 10.0. The maximum Gasteiger partial charge on any atom is 0.328 e. The van der Waals surface area contributed by atoms with Crippen molar-refractivity contribution in [2.24, 2.45) is 11.5 Å². The molecule has 114 valence electrons. The van der Waals surface area contributed by atoms with Crippen LogP contribution in [0.4, 0.5) is 0 Å². The predicted octanol–water partition coefficient (Wildman–Crippen LogP) is 0.0488. The Kier molecular flexibility index (Phi) is 14.4. The van der Waals surface area contributed by atoms with Gasteiger partial charge in [-0.05, 0) is 0 Å². The van der Waals surface area contributed by atoms with E-state index in [2.05, 4.69) is 0 Å². The number of hydrogen-bond acceptors (Lipinski definition) is 4. The minimum absolute atomic E-state index is 0.535. The summed E-state index contributed by atoms with van der Waals surface area (Å²) < 4.78 is 20.1. The molecule has 8 N–H and O–H groups in total. The van der Waals surface area contributed by atoms with Gasteiger partial charge in [-0.3, -0.25) is 9.13 Å². The normalized spacial score (nSPS) is 11.6. The van der Waals surface area contributed by atoms with E-state index in [0.29, 0.717) is 13.1 Å². The predicted molar refractivity (Wildman–Crippen MR) is 72.5 cm³/mol. The molecule has 0 heterocycles. The van der Waals surface area contributed by atoms with Gasteiger partial charge in [0, 0.05) is 13.1 Å². The van der Waals surface area contributed by atoms with Crippen LogP contribution in [0, 0.1) is 0 Å². The lowest BCUT2D eigenvalue weighted by Crippen LogP contribution is -2.11. The van der Waals surface area contributed by atoms with Crippen LogP contribution in [0.25, 0.3) is 0 Å². The van der Waals surface area contributed by atoms with Crippen molar-refractivity contribution in [1.82, 2.24) is 0 Å². The molecule has 0 spiro atoms. The monoisotopic (exact) mass is 308 g/mol. The first-order valence-electron chi connectivity index (χ1n) is 5.31. The summed E-state index contributed by atoms with van der Waals surface area (Å²) in [6, 6.07) is 0. The fourth-order valence-corrected chi connectivity index (χ4v) is 0. The second-order valence-corrected chi connectivity index (χ2v) is 8.36. The Labute approximate surface area is 108 Å². The standard InChI is InChI=1S/2C3H9O3P.C2H8N2/c2*1-3(2)7(4,5)6;3-1-2-4/h2*3H,1-2H3,(H2,4,5,6);1-4H2. The van der Waals surface area contributed by atoms with E-state index in [-0.39, 0.29) is 0 Å². The molecule has 0 bridgehead atoms. The van der Waals surface area contributed by atoms with Gasteiger partial charge in [0.15, 0.2) is 0 Å².